The highest BCUT2D eigenvalue weighted by atomic mass is 16.5. The molecule has 0 fully saturated rings. The molecule has 1 aromatic carbocycles. The molecular weight excluding hydrogens is 232 g/mol. The average molecular weight is 252 g/mol. The van der Waals surface area contributed by atoms with Crippen LogP contribution < -0.4 is 15.8 Å². The normalized spacial score (nSPS) is 11.1. The minimum absolute atomic E-state index is 0.152. The number of aliphatic hydroxyl groups is 1. The van der Waals surface area contributed by atoms with Crippen LogP contribution in [0, 0.1) is 0 Å². The third kappa shape index (κ3) is 6.10. The van der Waals surface area contributed by atoms with Gasteiger partial charge in [0.1, 0.15) is 5.75 Å². The van der Waals surface area contributed by atoms with Crippen molar-refractivity contribution < 1.29 is 14.6 Å². The monoisotopic (exact) mass is 252 g/mol. The van der Waals surface area contributed by atoms with E-state index in [9.17, 15) is 9.90 Å². The molecule has 4 N–H and O–H groups in total. The predicted molar refractivity (Wildman–Crippen MR) is 70.3 cm³/mol. The van der Waals surface area contributed by atoms with Crippen LogP contribution in [-0.2, 0) is 4.79 Å². The Morgan fingerprint density at radius 3 is 2.83 bits per heavy atom. The number of nitrogens with one attached hydrogen (secondary N) is 1. The lowest BCUT2D eigenvalue weighted by Crippen LogP contribution is -2.38. The van der Waals surface area contributed by atoms with E-state index in [4.69, 9.17) is 10.5 Å². The molecule has 5 nitrogen and oxygen atoms in total. The van der Waals surface area contributed by atoms with Gasteiger partial charge in [-0.15, -0.1) is 0 Å². The van der Waals surface area contributed by atoms with Crippen LogP contribution >= 0.6 is 0 Å². The number of rotatable bonds is 6. The lowest BCUT2D eigenvalue weighted by Gasteiger charge is -2.17. The summed E-state index contributed by atoms with van der Waals surface area (Å²) in [5, 5.41) is 12.1. The van der Waals surface area contributed by atoms with Crippen LogP contribution in [0.25, 0.3) is 0 Å². The third-order valence-corrected chi connectivity index (χ3v) is 2.17. The third-order valence-electron chi connectivity index (χ3n) is 2.17. The summed E-state index contributed by atoms with van der Waals surface area (Å²) in [6, 6.07) is 7.04. The molecule has 5 heteroatoms. The second kappa shape index (κ2) is 6.26. The summed E-state index contributed by atoms with van der Waals surface area (Å²) in [6.45, 7) is 3.78. The average Bonchev–Trinajstić information content (AvgIpc) is 2.25. The van der Waals surface area contributed by atoms with E-state index < -0.39 is 5.60 Å². The van der Waals surface area contributed by atoms with E-state index in [1.165, 1.54) is 0 Å². The molecule has 0 atom stereocenters. The maximum Gasteiger partial charge on any atom is 0.223 e. The van der Waals surface area contributed by atoms with Crippen LogP contribution in [-0.4, -0.2) is 29.8 Å². The highest BCUT2D eigenvalue weighted by Crippen LogP contribution is 2.14. The summed E-state index contributed by atoms with van der Waals surface area (Å²) in [5.74, 6) is 0.492. The molecule has 0 radical (unpaired) electrons. The summed E-state index contributed by atoms with van der Waals surface area (Å²) in [6.07, 6.45) is 0.241. The lowest BCUT2D eigenvalue weighted by molar-refractivity contribution is -0.122. The molecule has 1 rings (SSSR count). The highest BCUT2D eigenvalue weighted by molar-refractivity contribution is 5.76. The smallest absolute Gasteiger partial charge is 0.223 e. The fourth-order valence-corrected chi connectivity index (χ4v) is 1.27. The first-order valence-corrected chi connectivity index (χ1v) is 5.84. The van der Waals surface area contributed by atoms with Gasteiger partial charge in [-0.2, -0.15) is 0 Å². The number of hydrogen-bond donors (Lipinski definition) is 3. The minimum Gasteiger partial charge on any atom is -0.493 e. The van der Waals surface area contributed by atoms with E-state index in [0.717, 1.165) is 0 Å². The molecule has 0 saturated heterocycles. The number of benzene rings is 1. The quantitative estimate of drug-likeness (QED) is 0.657. The first-order chi connectivity index (χ1) is 8.37. The van der Waals surface area contributed by atoms with Gasteiger partial charge in [0.15, 0.2) is 0 Å². The Morgan fingerprint density at radius 1 is 1.50 bits per heavy atom. The second-order valence-corrected chi connectivity index (χ2v) is 4.76. The number of carbonyl (C=O) groups excluding carboxylic acids is 1. The van der Waals surface area contributed by atoms with Gasteiger partial charge in [0.25, 0.3) is 0 Å². The van der Waals surface area contributed by atoms with Crippen molar-refractivity contribution in [1.29, 1.82) is 0 Å². The second-order valence-electron chi connectivity index (χ2n) is 4.76. The topological polar surface area (TPSA) is 84.6 Å². The van der Waals surface area contributed by atoms with E-state index in [0.29, 0.717) is 11.4 Å². The fraction of sp³-hybridized carbons (Fsp3) is 0.462. The number of nitrogens with two attached hydrogens (primary N) is 1. The molecule has 1 aromatic rings. The summed E-state index contributed by atoms with van der Waals surface area (Å²) < 4.78 is 5.39. The van der Waals surface area contributed by atoms with Crippen LogP contribution in [0.1, 0.15) is 20.3 Å². The number of nitrogen functional groups attached to an aromatic ring is 1. The van der Waals surface area contributed by atoms with Gasteiger partial charge in [0.05, 0.1) is 18.6 Å². The lowest BCUT2D eigenvalue weighted by atomic mass is 10.1. The Hall–Kier alpha value is -1.75. The van der Waals surface area contributed by atoms with Crippen molar-refractivity contribution in [3.63, 3.8) is 0 Å². The van der Waals surface area contributed by atoms with E-state index in [1.807, 2.05) is 0 Å². The number of anilines is 1. The summed E-state index contributed by atoms with van der Waals surface area (Å²) in [7, 11) is 0. The van der Waals surface area contributed by atoms with Crippen molar-refractivity contribution in [3.8, 4) is 5.75 Å². The van der Waals surface area contributed by atoms with Crippen LogP contribution in [0.5, 0.6) is 5.75 Å². The molecule has 100 valence electrons. The van der Waals surface area contributed by atoms with Gasteiger partial charge in [-0.3, -0.25) is 4.79 Å². The van der Waals surface area contributed by atoms with E-state index in [1.54, 1.807) is 38.1 Å². The predicted octanol–water partition coefficient (Wildman–Crippen LogP) is 0.925. The van der Waals surface area contributed by atoms with Gasteiger partial charge < -0.3 is 20.9 Å². The molecule has 0 aliphatic rings. The summed E-state index contributed by atoms with van der Waals surface area (Å²) >= 11 is 0. The maximum absolute atomic E-state index is 11.4. The minimum atomic E-state index is -0.898. The number of carbonyl (C=O) groups is 1. The molecule has 0 bridgehead atoms. The van der Waals surface area contributed by atoms with Crippen molar-refractivity contribution in [1.82, 2.24) is 5.32 Å². The summed E-state index contributed by atoms with van der Waals surface area (Å²) in [4.78, 5) is 11.4. The fourth-order valence-electron chi connectivity index (χ4n) is 1.27. The van der Waals surface area contributed by atoms with Gasteiger partial charge in [0.2, 0.25) is 5.91 Å². The Labute approximate surface area is 107 Å². The van der Waals surface area contributed by atoms with Gasteiger partial charge in [-0.1, -0.05) is 6.07 Å². The van der Waals surface area contributed by atoms with Crippen LogP contribution in [0.3, 0.4) is 0 Å². The Kier molecular flexibility index (Phi) is 4.97. The molecule has 0 spiro atoms. The summed E-state index contributed by atoms with van der Waals surface area (Å²) in [5.41, 5.74) is 5.32. The van der Waals surface area contributed by atoms with Crippen molar-refractivity contribution in [2.75, 3.05) is 18.9 Å². The zero-order valence-electron chi connectivity index (χ0n) is 10.8. The zero-order valence-corrected chi connectivity index (χ0v) is 10.8. The molecule has 0 saturated carbocycles. The van der Waals surface area contributed by atoms with Gasteiger partial charge >= 0.3 is 0 Å². The van der Waals surface area contributed by atoms with Crippen molar-refractivity contribution >= 4 is 11.6 Å². The molecule has 1 amide bonds. The van der Waals surface area contributed by atoms with Crippen molar-refractivity contribution in [2.24, 2.45) is 0 Å². The molecule has 0 aliphatic carbocycles. The molecule has 0 heterocycles. The largest absolute Gasteiger partial charge is 0.493 e. The molecule has 0 aromatic heterocycles. The van der Waals surface area contributed by atoms with E-state index in [2.05, 4.69) is 5.32 Å². The Balaban J connectivity index is 2.23. The SMILES string of the molecule is CC(C)(O)CNC(=O)CCOc1cccc(N)c1. The van der Waals surface area contributed by atoms with Gasteiger partial charge in [-0.05, 0) is 26.0 Å². The number of ether oxygens (including phenoxy) is 1. The van der Waals surface area contributed by atoms with Crippen LogP contribution in [0.4, 0.5) is 5.69 Å². The zero-order chi connectivity index (χ0) is 13.6. The standard InChI is InChI=1S/C13H20N2O3/c1-13(2,17)9-15-12(16)6-7-18-11-5-3-4-10(14)8-11/h3-5,8,17H,6-7,9,14H2,1-2H3,(H,15,16). The van der Waals surface area contributed by atoms with Crippen molar-refractivity contribution in [2.45, 2.75) is 25.9 Å². The Bertz CT molecular complexity index is 399. The maximum atomic E-state index is 11.4. The molecule has 18 heavy (non-hydrogen) atoms. The van der Waals surface area contributed by atoms with E-state index in [-0.39, 0.29) is 25.5 Å². The van der Waals surface area contributed by atoms with Crippen LogP contribution in [0.2, 0.25) is 0 Å². The Morgan fingerprint density at radius 2 is 2.22 bits per heavy atom. The number of hydrogen-bond acceptors (Lipinski definition) is 4. The molecule has 0 aliphatic heterocycles. The van der Waals surface area contributed by atoms with Crippen LogP contribution in [0.15, 0.2) is 24.3 Å². The van der Waals surface area contributed by atoms with Crippen molar-refractivity contribution in [3.05, 3.63) is 24.3 Å². The van der Waals surface area contributed by atoms with Gasteiger partial charge in [0, 0.05) is 18.3 Å². The van der Waals surface area contributed by atoms with Gasteiger partial charge in [-0.25, -0.2) is 0 Å². The first kappa shape index (κ1) is 14.3. The molecular formula is C13H20N2O3. The van der Waals surface area contributed by atoms with E-state index >= 15 is 0 Å². The first-order valence-electron chi connectivity index (χ1n) is 5.84. The molecule has 0 unspecified atom stereocenters. The highest BCUT2D eigenvalue weighted by Gasteiger charge is 2.13. The number of amides is 1.